The maximum Gasteiger partial charge on any atom is 0.191 e. The first-order valence-corrected chi connectivity index (χ1v) is 9.55. The normalized spacial score (nSPS) is 11.4. The molecule has 0 radical (unpaired) electrons. The highest BCUT2D eigenvalue weighted by Crippen LogP contribution is 2.05. The van der Waals surface area contributed by atoms with Crippen LogP contribution in [0.15, 0.2) is 72.0 Å². The van der Waals surface area contributed by atoms with Gasteiger partial charge in [0.05, 0.1) is 19.3 Å². The molecule has 0 spiro atoms. The van der Waals surface area contributed by atoms with E-state index in [1.165, 1.54) is 11.6 Å². The second-order valence-corrected chi connectivity index (χ2v) is 6.53. The molecular formula is C22H26FN5. The molecule has 0 aliphatic carbocycles. The van der Waals surface area contributed by atoms with Gasteiger partial charge in [-0.05, 0) is 36.6 Å². The molecule has 2 N–H and O–H groups in total. The number of rotatable bonds is 8. The van der Waals surface area contributed by atoms with Crippen LogP contribution in [0.25, 0.3) is 0 Å². The molecule has 3 rings (SSSR count). The van der Waals surface area contributed by atoms with E-state index in [1.54, 1.807) is 12.1 Å². The summed E-state index contributed by atoms with van der Waals surface area (Å²) in [5.41, 5.74) is 3.23. The van der Waals surface area contributed by atoms with Crippen LogP contribution in [0.1, 0.15) is 23.6 Å². The van der Waals surface area contributed by atoms with Crippen molar-refractivity contribution >= 4 is 5.96 Å². The van der Waals surface area contributed by atoms with E-state index in [9.17, 15) is 4.39 Å². The van der Waals surface area contributed by atoms with Crippen LogP contribution < -0.4 is 10.6 Å². The van der Waals surface area contributed by atoms with Gasteiger partial charge in [0.25, 0.3) is 0 Å². The quantitative estimate of drug-likeness (QED) is 0.466. The van der Waals surface area contributed by atoms with Crippen molar-refractivity contribution in [2.75, 3.05) is 13.1 Å². The highest BCUT2D eigenvalue weighted by molar-refractivity contribution is 5.79. The molecule has 3 aromatic rings. The zero-order valence-electron chi connectivity index (χ0n) is 16.1. The van der Waals surface area contributed by atoms with Gasteiger partial charge in [-0.25, -0.2) is 9.38 Å². The summed E-state index contributed by atoms with van der Waals surface area (Å²) in [6, 6.07) is 16.9. The zero-order chi connectivity index (χ0) is 19.6. The van der Waals surface area contributed by atoms with Gasteiger partial charge in [0.15, 0.2) is 5.96 Å². The van der Waals surface area contributed by atoms with Gasteiger partial charge >= 0.3 is 0 Å². The maximum absolute atomic E-state index is 13.3. The molecule has 0 atom stereocenters. The van der Waals surface area contributed by atoms with Gasteiger partial charge in [0.1, 0.15) is 5.82 Å². The molecule has 0 aliphatic heterocycles. The molecule has 0 bridgehead atoms. The number of nitrogens with one attached hydrogen (secondary N) is 2. The van der Waals surface area contributed by atoms with Crippen molar-refractivity contribution in [2.24, 2.45) is 4.99 Å². The van der Waals surface area contributed by atoms with Gasteiger partial charge in [-0.15, -0.1) is 0 Å². The van der Waals surface area contributed by atoms with Gasteiger partial charge in [-0.3, -0.25) is 4.68 Å². The summed E-state index contributed by atoms with van der Waals surface area (Å²) in [5.74, 6) is 0.542. The van der Waals surface area contributed by atoms with Crippen LogP contribution >= 0.6 is 0 Å². The predicted octanol–water partition coefficient (Wildman–Crippen LogP) is 3.37. The summed E-state index contributed by atoms with van der Waals surface area (Å²) in [6.45, 7) is 4.78. The largest absolute Gasteiger partial charge is 0.357 e. The van der Waals surface area contributed by atoms with Crippen LogP contribution in [-0.2, 0) is 19.5 Å². The lowest BCUT2D eigenvalue weighted by Gasteiger charge is -2.11. The van der Waals surface area contributed by atoms with Crippen molar-refractivity contribution in [3.05, 3.63) is 89.5 Å². The first-order valence-electron chi connectivity index (χ1n) is 9.55. The van der Waals surface area contributed by atoms with Crippen LogP contribution in [0.4, 0.5) is 4.39 Å². The van der Waals surface area contributed by atoms with Gasteiger partial charge in [0.2, 0.25) is 0 Å². The van der Waals surface area contributed by atoms with E-state index < -0.39 is 0 Å². The third-order valence-corrected chi connectivity index (χ3v) is 4.23. The zero-order valence-corrected chi connectivity index (χ0v) is 16.1. The Morgan fingerprint density at radius 3 is 2.64 bits per heavy atom. The maximum atomic E-state index is 13.3. The first kappa shape index (κ1) is 19.6. The fourth-order valence-corrected chi connectivity index (χ4v) is 2.87. The van der Waals surface area contributed by atoms with Crippen molar-refractivity contribution in [3.8, 4) is 0 Å². The van der Waals surface area contributed by atoms with Crippen molar-refractivity contribution in [3.63, 3.8) is 0 Å². The number of nitrogens with zero attached hydrogens (tertiary/aromatic N) is 3. The van der Waals surface area contributed by atoms with E-state index in [-0.39, 0.29) is 5.82 Å². The summed E-state index contributed by atoms with van der Waals surface area (Å²) < 4.78 is 15.2. The monoisotopic (exact) mass is 379 g/mol. The molecular weight excluding hydrogens is 353 g/mol. The van der Waals surface area contributed by atoms with Crippen LogP contribution in [-0.4, -0.2) is 28.8 Å². The second-order valence-electron chi connectivity index (χ2n) is 6.53. The smallest absolute Gasteiger partial charge is 0.191 e. The Labute approximate surface area is 165 Å². The van der Waals surface area contributed by atoms with E-state index in [0.717, 1.165) is 36.6 Å². The second kappa shape index (κ2) is 10.3. The molecule has 0 saturated carbocycles. The fraction of sp³-hybridized carbons (Fsp3) is 0.273. The molecule has 6 heteroatoms. The number of guanidine groups is 1. The Kier molecular flexibility index (Phi) is 7.18. The highest BCUT2D eigenvalue weighted by Gasteiger charge is 2.02. The molecule has 146 valence electrons. The Morgan fingerprint density at radius 1 is 1.04 bits per heavy atom. The van der Waals surface area contributed by atoms with E-state index in [4.69, 9.17) is 0 Å². The Balaban J connectivity index is 1.52. The van der Waals surface area contributed by atoms with Crippen LogP contribution in [0, 0.1) is 5.82 Å². The van der Waals surface area contributed by atoms with Crippen molar-refractivity contribution in [1.29, 1.82) is 0 Å². The van der Waals surface area contributed by atoms with Crippen LogP contribution in [0.5, 0.6) is 0 Å². The number of benzene rings is 2. The third kappa shape index (κ3) is 6.23. The number of aliphatic imine (C=N–C) groups is 1. The van der Waals surface area contributed by atoms with Crippen LogP contribution in [0.2, 0.25) is 0 Å². The Hall–Kier alpha value is -3.15. The minimum Gasteiger partial charge on any atom is -0.357 e. The average Bonchev–Trinajstić information content (AvgIpc) is 3.14. The summed E-state index contributed by atoms with van der Waals surface area (Å²) in [4.78, 5) is 4.62. The minimum atomic E-state index is -0.203. The van der Waals surface area contributed by atoms with Gasteiger partial charge in [0, 0.05) is 24.8 Å². The lowest BCUT2D eigenvalue weighted by Crippen LogP contribution is -2.38. The Morgan fingerprint density at radius 2 is 1.86 bits per heavy atom. The molecule has 0 unspecified atom stereocenters. The molecule has 0 saturated heterocycles. The summed E-state index contributed by atoms with van der Waals surface area (Å²) >= 11 is 0. The molecule has 0 fully saturated rings. The van der Waals surface area contributed by atoms with Crippen molar-refractivity contribution < 1.29 is 4.39 Å². The average molecular weight is 379 g/mol. The molecule has 0 aliphatic rings. The summed E-state index contributed by atoms with van der Waals surface area (Å²) in [6.07, 6.45) is 4.60. The molecule has 5 nitrogen and oxygen atoms in total. The molecule has 1 aromatic heterocycles. The topological polar surface area (TPSA) is 54.2 Å². The van der Waals surface area contributed by atoms with Crippen molar-refractivity contribution in [2.45, 2.75) is 26.4 Å². The predicted molar refractivity (Wildman–Crippen MR) is 111 cm³/mol. The summed E-state index contributed by atoms with van der Waals surface area (Å²) in [5, 5.41) is 10.9. The fourth-order valence-electron chi connectivity index (χ4n) is 2.87. The number of aromatic nitrogens is 2. The first-order chi connectivity index (χ1) is 13.7. The lowest BCUT2D eigenvalue weighted by molar-refractivity contribution is 0.625. The summed E-state index contributed by atoms with van der Waals surface area (Å²) in [7, 11) is 0. The minimum absolute atomic E-state index is 0.203. The lowest BCUT2D eigenvalue weighted by atomic mass is 10.1. The molecule has 0 amide bonds. The van der Waals surface area contributed by atoms with E-state index in [0.29, 0.717) is 13.1 Å². The molecule has 1 heterocycles. The number of hydrogen-bond acceptors (Lipinski definition) is 2. The van der Waals surface area contributed by atoms with E-state index in [2.05, 4.69) is 32.9 Å². The number of hydrogen-bond donors (Lipinski definition) is 2. The van der Waals surface area contributed by atoms with Crippen molar-refractivity contribution in [1.82, 2.24) is 20.4 Å². The number of halogens is 1. The van der Waals surface area contributed by atoms with Gasteiger partial charge in [-0.1, -0.05) is 42.5 Å². The SMILES string of the molecule is CCNC(=NCc1cnn(Cc2ccccc2)c1)NCCc1cccc(F)c1. The molecule has 2 aromatic carbocycles. The van der Waals surface area contributed by atoms with E-state index >= 15 is 0 Å². The third-order valence-electron chi connectivity index (χ3n) is 4.23. The van der Waals surface area contributed by atoms with Crippen LogP contribution in [0.3, 0.4) is 0 Å². The van der Waals surface area contributed by atoms with Gasteiger partial charge in [-0.2, -0.15) is 5.10 Å². The molecule has 28 heavy (non-hydrogen) atoms. The highest BCUT2D eigenvalue weighted by atomic mass is 19.1. The Bertz CT molecular complexity index is 889. The standard InChI is InChI=1S/C22H26FN5/c1-2-24-22(25-12-11-18-9-6-10-21(23)13-18)26-14-20-15-27-28(17-20)16-19-7-4-3-5-8-19/h3-10,13,15,17H,2,11-12,14,16H2,1H3,(H2,24,25,26). The van der Waals surface area contributed by atoms with E-state index in [1.807, 2.05) is 48.3 Å². The van der Waals surface area contributed by atoms with Gasteiger partial charge < -0.3 is 10.6 Å².